The minimum absolute atomic E-state index is 0.134. The number of nitrogens with one attached hydrogen (secondary N) is 1. The van der Waals surface area contributed by atoms with E-state index < -0.39 is 32.5 Å². The molecule has 3 aromatic carbocycles. The Morgan fingerprint density at radius 2 is 1.57 bits per heavy atom. The van der Waals surface area contributed by atoms with Gasteiger partial charge in [0, 0.05) is 21.4 Å². The third-order valence-electron chi connectivity index (χ3n) is 5.03. The van der Waals surface area contributed by atoms with Crippen LogP contribution in [-0.4, -0.2) is 24.9 Å². The Bertz CT molecular complexity index is 1320. The molecule has 152 valence electrons. The molecule has 1 N–H and O–H groups in total. The fraction of sp³-hybridized carbons (Fsp3) is 0.0909. The number of hydrogen-bond donors (Lipinski definition) is 1. The average molecular weight is 424 g/mol. The molecule has 4 rings (SSSR count). The Kier molecular flexibility index (Phi) is 5.09. The first-order valence-electron chi connectivity index (χ1n) is 9.17. The van der Waals surface area contributed by atoms with Gasteiger partial charge in [0.05, 0.1) is 11.6 Å². The van der Waals surface area contributed by atoms with Gasteiger partial charge < -0.3 is 4.98 Å². The van der Waals surface area contributed by atoms with Gasteiger partial charge >= 0.3 is 10.2 Å². The zero-order valence-corrected chi connectivity index (χ0v) is 16.5. The van der Waals surface area contributed by atoms with Crippen molar-refractivity contribution in [2.75, 3.05) is 6.54 Å². The first-order valence-corrected chi connectivity index (χ1v) is 10.6. The van der Waals surface area contributed by atoms with E-state index in [1.54, 1.807) is 36.4 Å². The molecule has 1 aromatic heterocycles. The number of hydrogen-bond acceptors (Lipinski definition) is 4. The zero-order valence-electron chi connectivity index (χ0n) is 15.7. The highest BCUT2D eigenvalue weighted by Gasteiger charge is 2.31. The molecule has 0 saturated heterocycles. The van der Waals surface area contributed by atoms with Crippen LogP contribution in [0.1, 0.15) is 17.0 Å². The maximum absolute atomic E-state index is 14.2. The third kappa shape index (κ3) is 3.69. The smallest absolute Gasteiger partial charge is 0.332 e. The SMILES string of the molecule is O=[N+]([O-])CC(c1ccccc1)c1c(-c2ccccc2)[nH]c2cccc(S(=O)(=O)F)c12. The van der Waals surface area contributed by atoms with Crippen LogP contribution in [0.25, 0.3) is 22.2 Å². The van der Waals surface area contributed by atoms with Crippen molar-refractivity contribution >= 4 is 21.1 Å². The lowest BCUT2D eigenvalue weighted by atomic mass is 9.87. The lowest BCUT2D eigenvalue weighted by Gasteiger charge is -2.16. The van der Waals surface area contributed by atoms with Crippen molar-refractivity contribution in [2.45, 2.75) is 10.8 Å². The van der Waals surface area contributed by atoms with E-state index >= 15 is 0 Å². The van der Waals surface area contributed by atoms with Crippen LogP contribution in [0.4, 0.5) is 3.89 Å². The lowest BCUT2D eigenvalue weighted by Crippen LogP contribution is -2.15. The van der Waals surface area contributed by atoms with Crippen molar-refractivity contribution in [1.29, 1.82) is 0 Å². The molecule has 4 aromatic rings. The Morgan fingerprint density at radius 1 is 0.933 bits per heavy atom. The van der Waals surface area contributed by atoms with Crippen LogP contribution in [0.15, 0.2) is 83.8 Å². The number of halogens is 1. The Hall–Kier alpha value is -3.52. The van der Waals surface area contributed by atoms with Crippen LogP contribution in [0.3, 0.4) is 0 Å². The molecule has 8 heteroatoms. The second kappa shape index (κ2) is 7.72. The van der Waals surface area contributed by atoms with Crippen molar-refractivity contribution in [2.24, 2.45) is 0 Å². The average Bonchev–Trinajstić information content (AvgIpc) is 3.12. The van der Waals surface area contributed by atoms with E-state index in [9.17, 15) is 22.4 Å². The molecule has 0 bridgehead atoms. The number of benzene rings is 3. The molecule has 0 radical (unpaired) electrons. The molecule has 0 saturated carbocycles. The summed E-state index contributed by atoms with van der Waals surface area (Å²) in [7, 11) is -5.05. The van der Waals surface area contributed by atoms with E-state index in [1.807, 2.05) is 30.3 Å². The maximum Gasteiger partial charge on any atom is 0.332 e. The standard InChI is InChI=1S/C22H17FN2O4S/c23-30(28,29)19-13-7-12-18-21(19)20(22(24-18)16-10-5-2-6-11-16)17(14-25(26)27)15-8-3-1-4-9-15/h1-13,17,24H,14H2. The molecule has 1 unspecified atom stereocenters. The maximum atomic E-state index is 14.2. The summed E-state index contributed by atoms with van der Waals surface area (Å²) in [5.41, 5.74) is 2.66. The first-order chi connectivity index (χ1) is 14.4. The van der Waals surface area contributed by atoms with Crippen molar-refractivity contribution in [3.05, 3.63) is 100 Å². The number of nitro groups is 1. The number of rotatable bonds is 6. The number of aromatic nitrogens is 1. The van der Waals surface area contributed by atoms with Crippen LogP contribution in [0.2, 0.25) is 0 Å². The number of aromatic amines is 1. The molecule has 0 aliphatic heterocycles. The normalized spacial score (nSPS) is 12.7. The van der Waals surface area contributed by atoms with E-state index in [1.165, 1.54) is 12.1 Å². The molecule has 6 nitrogen and oxygen atoms in total. The largest absolute Gasteiger partial charge is 0.354 e. The molecule has 30 heavy (non-hydrogen) atoms. The van der Waals surface area contributed by atoms with Crippen molar-refractivity contribution in [1.82, 2.24) is 4.98 Å². The fourth-order valence-corrected chi connectivity index (χ4v) is 4.53. The van der Waals surface area contributed by atoms with Gasteiger partial charge in [0.1, 0.15) is 4.90 Å². The van der Waals surface area contributed by atoms with Gasteiger partial charge in [-0.1, -0.05) is 66.7 Å². The zero-order chi connectivity index (χ0) is 21.3. The van der Waals surface area contributed by atoms with E-state index in [4.69, 9.17) is 0 Å². The second-order valence-corrected chi connectivity index (χ2v) is 8.19. The molecular weight excluding hydrogens is 407 g/mol. The van der Waals surface area contributed by atoms with E-state index in [0.717, 1.165) is 5.56 Å². The van der Waals surface area contributed by atoms with Gasteiger partial charge in [-0.3, -0.25) is 10.1 Å². The predicted molar refractivity (Wildman–Crippen MR) is 112 cm³/mol. The van der Waals surface area contributed by atoms with E-state index in [-0.39, 0.29) is 5.39 Å². The van der Waals surface area contributed by atoms with E-state index in [0.29, 0.717) is 22.3 Å². The highest BCUT2D eigenvalue weighted by molar-refractivity contribution is 7.86. The first kappa shape index (κ1) is 19.8. The van der Waals surface area contributed by atoms with Crippen LogP contribution in [-0.2, 0) is 10.2 Å². The highest BCUT2D eigenvalue weighted by Crippen LogP contribution is 2.41. The summed E-state index contributed by atoms with van der Waals surface area (Å²) in [5.74, 6) is -0.784. The minimum atomic E-state index is -5.05. The van der Waals surface area contributed by atoms with Gasteiger partial charge in [0.2, 0.25) is 6.54 Å². The summed E-state index contributed by atoms with van der Waals surface area (Å²) in [6.07, 6.45) is 0. The van der Waals surface area contributed by atoms with E-state index in [2.05, 4.69) is 4.98 Å². The summed E-state index contributed by atoms with van der Waals surface area (Å²) < 4.78 is 38.0. The van der Waals surface area contributed by atoms with Crippen LogP contribution >= 0.6 is 0 Å². The van der Waals surface area contributed by atoms with Gasteiger partial charge in [-0.25, -0.2) is 0 Å². The number of fused-ring (bicyclic) bond motifs is 1. The topological polar surface area (TPSA) is 93.1 Å². The van der Waals surface area contributed by atoms with Gasteiger partial charge in [-0.2, -0.15) is 8.42 Å². The van der Waals surface area contributed by atoms with Gasteiger partial charge in [-0.05, 0) is 23.3 Å². The summed E-state index contributed by atoms with van der Waals surface area (Å²) in [5, 5.41) is 11.7. The monoisotopic (exact) mass is 424 g/mol. The Labute approximate surface area is 172 Å². The fourth-order valence-electron chi connectivity index (χ4n) is 3.82. The van der Waals surface area contributed by atoms with Crippen molar-refractivity contribution < 1.29 is 17.2 Å². The molecule has 0 amide bonds. The van der Waals surface area contributed by atoms with Crippen LogP contribution in [0, 0.1) is 10.1 Å². The number of nitrogens with zero attached hydrogens (tertiary/aromatic N) is 1. The highest BCUT2D eigenvalue weighted by atomic mass is 32.3. The Balaban J connectivity index is 2.13. The molecule has 1 heterocycles. The van der Waals surface area contributed by atoms with Gasteiger partial charge in [0.25, 0.3) is 0 Å². The third-order valence-corrected chi connectivity index (χ3v) is 5.90. The molecule has 0 aliphatic carbocycles. The molecule has 0 aliphatic rings. The quantitative estimate of drug-likeness (QED) is 0.271. The summed E-state index contributed by atoms with van der Waals surface area (Å²) in [6, 6.07) is 22.1. The molecular formula is C22H17FN2O4S. The summed E-state index contributed by atoms with van der Waals surface area (Å²) >= 11 is 0. The van der Waals surface area contributed by atoms with Crippen LogP contribution in [0.5, 0.6) is 0 Å². The van der Waals surface area contributed by atoms with Crippen molar-refractivity contribution in [3.63, 3.8) is 0 Å². The van der Waals surface area contributed by atoms with Gasteiger partial charge in [-0.15, -0.1) is 3.89 Å². The van der Waals surface area contributed by atoms with Crippen molar-refractivity contribution in [3.8, 4) is 11.3 Å². The Morgan fingerprint density at radius 3 is 2.17 bits per heavy atom. The molecule has 0 spiro atoms. The second-order valence-electron chi connectivity index (χ2n) is 6.87. The summed E-state index contributed by atoms with van der Waals surface area (Å²) in [4.78, 5) is 13.8. The predicted octanol–water partition coefficient (Wildman–Crippen LogP) is 4.90. The van der Waals surface area contributed by atoms with Gasteiger partial charge in [0.15, 0.2) is 0 Å². The lowest BCUT2D eigenvalue weighted by molar-refractivity contribution is -0.481. The summed E-state index contributed by atoms with van der Waals surface area (Å²) in [6.45, 7) is -0.475. The molecule has 0 fully saturated rings. The number of H-pyrrole nitrogens is 1. The minimum Gasteiger partial charge on any atom is -0.354 e. The molecule has 1 atom stereocenters. The van der Waals surface area contributed by atoms with Crippen LogP contribution < -0.4 is 0 Å².